The van der Waals surface area contributed by atoms with E-state index in [2.05, 4.69) is 42.6 Å². The van der Waals surface area contributed by atoms with Crippen molar-refractivity contribution in [2.24, 2.45) is 7.05 Å². The molecule has 21 heavy (non-hydrogen) atoms. The van der Waals surface area contributed by atoms with E-state index in [9.17, 15) is 0 Å². The average molecular weight is 286 g/mol. The van der Waals surface area contributed by atoms with Crippen LogP contribution in [0.5, 0.6) is 0 Å². The molecule has 0 bridgehead atoms. The van der Waals surface area contributed by atoms with E-state index in [1.165, 1.54) is 0 Å². The number of hydrogen-bond donors (Lipinski definition) is 3. The Morgan fingerprint density at radius 2 is 2.19 bits per heavy atom. The van der Waals surface area contributed by atoms with Gasteiger partial charge in [0.2, 0.25) is 5.95 Å². The summed E-state index contributed by atoms with van der Waals surface area (Å²) in [4.78, 5) is 16.1. The third kappa shape index (κ3) is 2.93. The van der Waals surface area contributed by atoms with Crippen LogP contribution in [-0.4, -0.2) is 36.3 Å². The summed E-state index contributed by atoms with van der Waals surface area (Å²) in [5.74, 6) is 1.32. The molecule has 8 nitrogen and oxygen atoms in total. The zero-order chi connectivity index (χ0) is 14.7. The average Bonchev–Trinajstić information content (AvgIpc) is 3.11. The summed E-state index contributed by atoms with van der Waals surface area (Å²) in [6, 6.07) is 0. The van der Waals surface area contributed by atoms with E-state index in [0.29, 0.717) is 18.1 Å². The molecule has 0 fully saturated rings. The molecule has 3 aromatic heterocycles. The van der Waals surface area contributed by atoms with Crippen molar-refractivity contribution in [2.45, 2.75) is 19.9 Å². The molecule has 0 atom stereocenters. The van der Waals surface area contributed by atoms with Gasteiger partial charge in [0.1, 0.15) is 5.52 Å². The Morgan fingerprint density at radius 1 is 1.29 bits per heavy atom. The Balaban J connectivity index is 1.83. The number of aryl methyl sites for hydroxylation is 1. The largest absolute Gasteiger partial charge is 0.364 e. The standard InChI is InChI=1S/C13H18N8/c1-3-4-14-13-19-11(10-12(20-13)17-8-16-10)15-5-9-6-18-21(2)7-9/h6-8H,3-5H2,1-2H3,(H3,14,15,16,17,19,20). The Hall–Kier alpha value is -2.64. The van der Waals surface area contributed by atoms with Crippen LogP contribution in [0.4, 0.5) is 11.8 Å². The fraction of sp³-hybridized carbons (Fsp3) is 0.385. The molecule has 3 heterocycles. The highest BCUT2D eigenvalue weighted by molar-refractivity contribution is 5.83. The molecule has 3 aromatic rings. The second-order valence-electron chi connectivity index (χ2n) is 4.80. The maximum absolute atomic E-state index is 4.50. The van der Waals surface area contributed by atoms with Crippen LogP contribution in [0.3, 0.4) is 0 Å². The van der Waals surface area contributed by atoms with Crippen LogP contribution in [0, 0.1) is 0 Å². The van der Waals surface area contributed by atoms with Crippen LogP contribution in [0.2, 0.25) is 0 Å². The highest BCUT2D eigenvalue weighted by Gasteiger charge is 2.09. The Bertz CT molecular complexity index is 729. The minimum Gasteiger partial charge on any atom is -0.364 e. The number of H-pyrrole nitrogens is 1. The van der Waals surface area contributed by atoms with E-state index in [4.69, 9.17) is 0 Å². The van der Waals surface area contributed by atoms with E-state index in [1.807, 2.05) is 19.4 Å². The summed E-state index contributed by atoms with van der Waals surface area (Å²) >= 11 is 0. The summed E-state index contributed by atoms with van der Waals surface area (Å²) in [6.07, 6.45) is 6.43. The van der Waals surface area contributed by atoms with Gasteiger partial charge in [-0.15, -0.1) is 0 Å². The van der Waals surface area contributed by atoms with Gasteiger partial charge < -0.3 is 15.6 Å². The van der Waals surface area contributed by atoms with E-state index in [-0.39, 0.29) is 0 Å². The van der Waals surface area contributed by atoms with Crippen molar-refractivity contribution in [3.63, 3.8) is 0 Å². The summed E-state index contributed by atoms with van der Waals surface area (Å²) < 4.78 is 1.77. The van der Waals surface area contributed by atoms with Crippen molar-refractivity contribution >= 4 is 22.9 Å². The predicted molar refractivity (Wildman–Crippen MR) is 81.0 cm³/mol. The zero-order valence-corrected chi connectivity index (χ0v) is 12.1. The van der Waals surface area contributed by atoms with Crippen molar-refractivity contribution in [2.75, 3.05) is 17.2 Å². The molecule has 0 radical (unpaired) electrons. The first-order chi connectivity index (χ1) is 10.3. The fourth-order valence-electron chi connectivity index (χ4n) is 2.03. The second kappa shape index (κ2) is 5.78. The van der Waals surface area contributed by atoms with Crippen LogP contribution in [0.25, 0.3) is 11.2 Å². The molecular weight excluding hydrogens is 268 g/mol. The molecule has 110 valence electrons. The van der Waals surface area contributed by atoms with Crippen LogP contribution in [0.1, 0.15) is 18.9 Å². The molecule has 3 rings (SSSR count). The molecular formula is C13H18N8. The van der Waals surface area contributed by atoms with Gasteiger partial charge in [-0.25, -0.2) is 4.98 Å². The lowest BCUT2D eigenvalue weighted by atomic mass is 10.3. The first-order valence-corrected chi connectivity index (χ1v) is 6.92. The molecule has 3 N–H and O–H groups in total. The fourth-order valence-corrected chi connectivity index (χ4v) is 2.03. The number of fused-ring (bicyclic) bond motifs is 1. The maximum atomic E-state index is 4.50. The number of rotatable bonds is 6. The molecule has 0 amide bonds. The number of nitrogens with zero attached hydrogens (tertiary/aromatic N) is 5. The molecule has 0 aliphatic rings. The summed E-state index contributed by atoms with van der Waals surface area (Å²) in [7, 11) is 1.90. The Kier molecular flexibility index (Phi) is 3.67. The smallest absolute Gasteiger partial charge is 0.226 e. The van der Waals surface area contributed by atoms with Crippen LogP contribution in [-0.2, 0) is 13.6 Å². The number of hydrogen-bond acceptors (Lipinski definition) is 6. The first-order valence-electron chi connectivity index (χ1n) is 6.92. The third-order valence-electron chi connectivity index (χ3n) is 3.04. The number of nitrogens with one attached hydrogen (secondary N) is 3. The van der Waals surface area contributed by atoms with Gasteiger partial charge in [0, 0.05) is 31.9 Å². The Labute approximate surface area is 122 Å². The van der Waals surface area contributed by atoms with Gasteiger partial charge in [0.15, 0.2) is 11.5 Å². The quantitative estimate of drug-likeness (QED) is 0.636. The van der Waals surface area contributed by atoms with Crippen LogP contribution >= 0.6 is 0 Å². The van der Waals surface area contributed by atoms with Gasteiger partial charge in [-0.05, 0) is 6.42 Å². The normalized spacial score (nSPS) is 11.0. The van der Waals surface area contributed by atoms with E-state index >= 15 is 0 Å². The molecule has 0 aliphatic heterocycles. The molecule has 0 saturated heterocycles. The van der Waals surface area contributed by atoms with Crippen LogP contribution in [0.15, 0.2) is 18.7 Å². The second-order valence-corrected chi connectivity index (χ2v) is 4.80. The highest BCUT2D eigenvalue weighted by atomic mass is 15.2. The summed E-state index contributed by atoms with van der Waals surface area (Å²) in [5.41, 5.74) is 2.55. The van der Waals surface area contributed by atoms with Crippen molar-refractivity contribution in [1.82, 2.24) is 29.7 Å². The number of aromatic nitrogens is 6. The van der Waals surface area contributed by atoms with Crippen molar-refractivity contribution in [3.8, 4) is 0 Å². The molecule has 0 saturated carbocycles. The monoisotopic (exact) mass is 286 g/mol. The zero-order valence-electron chi connectivity index (χ0n) is 12.1. The SMILES string of the molecule is CCCNc1nc(NCc2cnn(C)c2)c2[nH]cnc2n1. The minimum absolute atomic E-state index is 0.588. The van der Waals surface area contributed by atoms with E-state index < -0.39 is 0 Å². The maximum Gasteiger partial charge on any atom is 0.226 e. The third-order valence-corrected chi connectivity index (χ3v) is 3.04. The van der Waals surface area contributed by atoms with Gasteiger partial charge in [0.05, 0.1) is 12.5 Å². The molecule has 8 heteroatoms. The van der Waals surface area contributed by atoms with Gasteiger partial charge in [-0.2, -0.15) is 15.1 Å². The minimum atomic E-state index is 0.588. The molecule has 0 unspecified atom stereocenters. The highest BCUT2D eigenvalue weighted by Crippen LogP contribution is 2.19. The van der Waals surface area contributed by atoms with Gasteiger partial charge in [-0.1, -0.05) is 6.92 Å². The predicted octanol–water partition coefficient (Wildman–Crippen LogP) is 1.52. The summed E-state index contributed by atoms with van der Waals surface area (Å²) in [6.45, 7) is 3.58. The molecule has 0 aliphatic carbocycles. The van der Waals surface area contributed by atoms with Gasteiger partial charge in [-0.3, -0.25) is 4.68 Å². The van der Waals surface area contributed by atoms with E-state index in [1.54, 1.807) is 11.0 Å². The van der Waals surface area contributed by atoms with Crippen molar-refractivity contribution in [1.29, 1.82) is 0 Å². The summed E-state index contributed by atoms with van der Waals surface area (Å²) in [5, 5.41) is 10.6. The van der Waals surface area contributed by atoms with Gasteiger partial charge >= 0.3 is 0 Å². The Morgan fingerprint density at radius 3 is 2.95 bits per heavy atom. The van der Waals surface area contributed by atoms with Gasteiger partial charge in [0.25, 0.3) is 0 Å². The number of anilines is 2. The van der Waals surface area contributed by atoms with E-state index in [0.717, 1.165) is 29.9 Å². The van der Waals surface area contributed by atoms with Crippen LogP contribution < -0.4 is 10.6 Å². The lowest BCUT2D eigenvalue weighted by Crippen LogP contribution is -2.08. The van der Waals surface area contributed by atoms with Crippen molar-refractivity contribution < 1.29 is 0 Å². The number of imidazole rings is 1. The molecule has 0 aromatic carbocycles. The first kappa shape index (κ1) is 13.3. The van der Waals surface area contributed by atoms with Crippen molar-refractivity contribution in [3.05, 3.63) is 24.3 Å². The topological polar surface area (TPSA) is 96.3 Å². The molecule has 0 spiro atoms. The lowest BCUT2D eigenvalue weighted by Gasteiger charge is -2.08. The number of aromatic amines is 1. The lowest BCUT2D eigenvalue weighted by molar-refractivity contribution is 0.767.